The van der Waals surface area contributed by atoms with Crippen LogP contribution in [0, 0.1) is 10.1 Å². The third kappa shape index (κ3) is 3.94. The van der Waals surface area contributed by atoms with Crippen molar-refractivity contribution in [3.05, 3.63) is 16.3 Å². The van der Waals surface area contributed by atoms with Crippen molar-refractivity contribution >= 4 is 17.6 Å². The number of nitrogens with zero attached hydrogens (tertiary/aromatic N) is 3. The summed E-state index contributed by atoms with van der Waals surface area (Å²) in [5, 5.41) is 17.3. The molecule has 0 fully saturated rings. The van der Waals surface area contributed by atoms with Crippen LogP contribution in [-0.2, 0) is 4.74 Å². The Kier molecular flexibility index (Phi) is 4.13. The number of aromatic nitrogens is 2. The lowest BCUT2D eigenvalue weighted by molar-refractivity contribution is -0.392. The maximum atomic E-state index is 11.6. The van der Waals surface area contributed by atoms with Crippen LogP contribution in [0.4, 0.5) is 16.3 Å². The summed E-state index contributed by atoms with van der Waals surface area (Å²) in [6.45, 7) is 8.64. The Morgan fingerprint density at radius 2 is 2.11 bits per heavy atom. The molecule has 1 amide bonds. The van der Waals surface area contributed by atoms with Crippen molar-refractivity contribution in [3.8, 4) is 0 Å². The average molecular weight is 270 g/mol. The zero-order valence-corrected chi connectivity index (χ0v) is 11.6. The van der Waals surface area contributed by atoms with Crippen LogP contribution in [-0.4, -0.2) is 26.4 Å². The molecule has 0 saturated carbocycles. The first-order valence-electron chi connectivity index (χ1n) is 5.83. The van der Waals surface area contributed by atoms with Gasteiger partial charge in [0, 0.05) is 0 Å². The van der Waals surface area contributed by atoms with E-state index in [1.54, 1.807) is 34.6 Å². The van der Waals surface area contributed by atoms with Gasteiger partial charge in [-0.25, -0.2) is 4.79 Å². The molecule has 1 aromatic rings. The van der Waals surface area contributed by atoms with E-state index >= 15 is 0 Å². The molecule has 0 saturated heterocycles. The quantitative estimate of drug-likeness (QED) is 0.672. The molecule has 8 nitrogen and oxygen atoms in total. The molecule has 0 atom stereocenters. The van der Waals surface area contributed by atoms with E-state index in [2.05, 4.69) is 10.4 Å². The summed E-state index contributed by atoms with van der Waals surface area (Å²) in [5.74, 6) is -0.263. The molecule has 0 aromatic carbocycles. The van der Waals surface area contributed by atoms with Crippen molar-refractivity contribution in [1.82, 2.24) is 9.78 Å². The molecule has 0 unspecified atom stereocenters. The fourth-order valence-corrected chi connectivity index (χ4v) is 1.42. The van der Waals surface area contributed by atoms with Gasteiger partial charge in [0.2, 0.25) is 0 Å². The highest BCUT2D eigenvalue weighted by atomic mass is 16.6. The number of rotatable bonds is 3. The number of amides is 1. The minimum absolute atomic E-state index is 0.0213. The standard InChI is InChI=1S/C11H18N4O4/c1-7(2)14-9(15(17)18)8(6-12-14)13-10(16)19-11(3,4)5/h6-7H,1-5H3,(H,13,16). The lowest BCUT2D eigenvalue weighted by Gasteiger charge is -2.19. The van der Waals surface area contributed by atoms with Gasteiger partial charge in [-0.05, 0) is 39.5 Å². The summed E-state index contributed by atoms with van der Waals surface area (Å²) in [4.78, 5) is 22.0. The molecule has 8 heteroatoms. The summed E-state index contributed by atoms with van der Waals surface area (Å²) in [5.41, 5.74) is -0.652. The number of carbonyl (C=O) groups is 1. The fourth-order valence-electron chi connectivity index (χ4n) is 1.42. The van der Waals surface area contributed by atoms with Gasteiger partial charge >= 0.3 is 11.9 Å². The van der Waals surface area contributed by atoms with Gasteiger partial charge in [-0.1, -0.05) is 5.10 Å². The zero-order chi connectivity index (χ0) is 14.8. The van der Waals surface area contributed by atoms with Crippen LogP contribution in [0.15, 0.2) is 6.20 Å². The SMILES string of the molecule is CC(C)n1ncc(NC(=O)OC(C)(C)C)c1[N+](=O)[O-]. The van der Waals surface area contributed by atoms with Gasteiger partial charge in [0.05, 0.1) is 0 Å². The molecule has 1 N–H and O–H groups in total. The highest BCUT2D eigenvalue weighted by Crippen LogP contribution is 2.27. The minimum atomic E-state index is -0.751. The Labute approximate surface area is 110 Å². The first-order chi connectivity index (χ1) is 8.61. The monoisotopic (exact) mass is 270 g/mol. The first-order valence-corrected chi connectivity index (χ1v) is 5.83. The number of nitrogens with one attached hydrogen (secondary N) is 1. The van der Waals surface area contributed by atoms with Gasteiger partial charge in [-0.2, -0.15) is 0 Å². The van der Waals surface area contributed by atoms with Crippen LogP contribution < -0.4 is 5.32 Å². The molecule has 19 heavy (non-hydrogen) atoms. The maximum Gasteiger partial charge on any atom is 0.412 e. The van der Waals surface area contributed by atoms with Crippen molar-refractivity contribution in [2.45, 2.75) is 46.3 Å². The smallest absolute Gasteiger partial charge is 0.412 e. The van der Waals surface area contributed by atoms with Crippen molar-refractivity contribution in [2.75, 3.05) is 5.32 Å². The van der Waals surface area contributed by atoms with Crippen LogP contribution in [0.25, 0.3) is 0 Å². The van der Waals surface area contributed by atoms with E-state index in [0.717, 1.165) is 0 Å². The summed E-state index contributed by atoms with van der Waals surface area (Å²) in [6, 6.07) is -0.186. The van der Waals surface area contributed by atoms with E-state index in [4.69, 9.17) is 4.74 Å². The third-order valence-corrected chi connectivity index (χ3v) is 2.07. The van der Waals surface area contributed by atoms with E-state index in [1.165, 1.54) is 10.9 Å². The minimum Gasteiger partial charge on any atom is -0.444 e. The largest absolute Gasteiger partial charge is 0.444 e. The Morgan fingerprint density at radius 1 is 1.53 bits per heavy atom. The Balaban J connectivity index is 2.96. The molecule has 1 aromatic heterocycles. The Morgan fingerprint density at radius 3 is 2.53 bits per heavy atom. The third-order valence-electron chi connectivity index (χ3n) is 2.07. The number of ether oxygens (including phenoxy) is 1. The van der Waals surface area contributed by atoms with Gasteiger partial charge in [0.25, 0.3) is 0 Å². The first kappa shape index (κ1) is 14.9. The number of carbonyl (C=O) groups excluding carboxylic acids is 1. The number of hydrogen-bond donors (Lipinski definition) is 1. The molecule has 0 aliphatic rings. The van der Waals surface area contributed by atoms with E-state index in [1.807, 2.05) is 0 Å². The van der Waals surface area contributed by atoms with Crippen LogP contribution >= 0.6 is 0 Å². The molecule has 0 aliphatic carbocycles. The second kappa shape index (κ2) is 5.25. The van der Waals surface area contributed by atoms with Crippen LogP contribution in [0.5, 0.6) is 0 Å². The fraction of sp³-hybridized carbons (Fsp3) is 0.636. The van der Waals surface area contributed by atoms with Gasteiger partial charge in [0.1, 0.15) is 17.8 Å². The van der Waals surface area contributed by atoms with Gasteiger partial charge in [-0.3, -0.25) is 5.32 Å². The highest BCUT2D eigenvalue weighted by Gasteiger charge is 2.26. The number of nitro groups is 1. The molecular weight excluding hydrogens is 252 g/mol. The van der Waals surface area contributed by atoms with Crippen molar-refractivity contribution in [1.29, 1.82) is 0 Å². The van der Waals surface area contributed by atoms with Crippen LogP contribution in [0.2, 0.25) is 0 Å². The Hall–Kier alpha value is -2.12. The van der Waals surface area contributed by atoms with Crippen LogP contribution in [0.1, 0.15) is 40.7 Å². The topological polar surface area (TPSA) is 99.3 Å². The molecule has 106 valence electrons. The lowest BCUT2D eigenvalue weighted by Crippen LogP contribution is -2.27. The molecule has 0 bridgehead atoms. The molecule has 1 rings (SSSR count). The second-order valence-corrected chi connectivity index (χ2v) is 5.30. The van der Waals surface area contributed by atoms with Gasteiger partial charge < -0.3 is 14.9 Å². The van der Waals surface area contributed by atoms with Crippen molar-refractivity contribution < 1.29 is 14.5 Å². The summed E-state index contributed by atoms with van der Waals surface area (Å²) >= 11 is 0. The van der Waals surface area contributed by atoms with Crippen molar-refractivity contribution in [2.24, 2.45) is 0 Å². The molecule has 0 aliphatic heterocycles. The number of hydrogen-bond acceptors (Lipinski definition) is 5. The molecule has 1 heterocycles. The predicted octanol–water partition coefficient (Wildman–Crippen LogP) is 2.72. The Bertz CT molecular complexity index is 487. The van der Waals surface area contributed by atoms with E-state index < -0.39 is 16.6 Å². The van der Waals surface area contributed by atoms with E-state index in [9.17, 15) is 14.9 Å². The maximum absolute atomic E-state index is 11.6. The van der Waals surface area contributed by atoms with Crippen LogP contribution in [0.3, 0.4) is 0 Å². The van der Waals surface area contributed by atoms with E-state index in [-0.39, 0.29) is 17.5 Å². The molecular formula is C11H18N4O4. The lowest BCUT2D eigenvalue weighted by atomic mass is 10.2. The average Bonchev–Trinajstić information content (AvgIpc) is 2.57. The molecule has 0 radical (unpaired) electrons. The van der Waals surface area contributed by atoms with E-state index in [0.29, 0.717) is 0 Å². The summed E-state index contributed by atoms with van der Waals surface area (Å²) in [7, 11) is 0. The molecule has 0 spiro atoms. The van der Waals surface area contributed by atoms with Gasteiger partial charge in [0.15, 0.2) is 5.69 Å². The zero-order valence-electron chi connectivity index (χ0n) is 11.6. The predicted molar refractivity (Wildman–Crippen MR) is 69.1 cm³/mol. The van der Waals surface area contributed by atoms with Gasteiger partial charge in [-0.15, -0.1) is 4.68 Å². The summed E-state index contributed by atoms with van der Waals surface area (Å²) in [6.07, 6.45) is 0.487. The van der Waals surface area contributed by atoms with Crippen molar-refractivity contribution in [3.63, 3.8) is 0 Å². The summed E-state index contributed by atoms with van der Waals surface area (Å²) < 4.78 is 6.27. The number of anilines is 1. The normalized spacial score (nSPS) is 11.5. The highest BCUT2D eigenvalue weighted by molar-refractivity contribution is 5.87. The second-order valence-electron chi connectivity index (χ2n) is 5.30.